The molecule has 0 fully saturated rings. The molecule has 1 N–H and O–H groups in total. The average molecular weight is 341 g/mol. The molecule has 0 atom stereocenters. The van der Waals surface area contributed by atoms with Crippen molar-refractivity contribution >= 4 is 5.91 Å². The van der Waals surface area contributed by atoms with Gasteiger partial charge in [-0.05, 0) is 26.0 Å². The summed E-state index contributed by atoms with van der Waals surface area (Å²) < 4.78 is 42.0. The van der Waals surface area contributed by atoms with E-state index in [0.717, 1.165) is 22.6 Å². The summed E-state index contributed by atoms with van der Waals surface area (Å²) in [7, 11) is 0. The Kier molecular flexibility index (Phi) is 5.61. The number of hydrogen-bond donors (Lipinski definition) is 1. The number of nitrogens with one attached hydrogen (secondary N) is 1. The molecule has 0 spiro atoms. The van der Waals surface area contributed by atoms with Gasteiger partial charge in [0.15, 0.2) is 0 Å². The van der Waals surface area contributed by atoms with E-state index in [4.69, 9.17) is 0 Å². The van der Waals surface area contributed by atoms with Crippen molar-refractivity contribution in [3.63, 3.8) is 0 Å². The second kappa shape index (κ2) is 7.48. The summed E-state index contributed by atoms with van der Waals surface area (Å²) in [6.45, 7) is 1.79. The van der Waals surface area contributed by atoms with E-state index < -0.39 is 25.3 Å². The molecule has 0 unspecified atom stereocenters. The van der Waals surface area contributed by atoms with E-state index in [0.29, 0.717) is 0 Å². The van der Waals surface area contributed by atoms with E-state index >= 15 is 0 Å². The Balaban J connectivity index is 1.96. The predicted octanol–water partition coefficient (Wildman–Crippen LogP) is 2.68. The van der Waals surface area contributed by atoms with E-state index in [1.807, 2.05) is 44.2 Å². The molecule has 2 rings (SSSR count). The van der Waals surface area contributed by atoms with Crippen LogP contribution >= 0.6 is 0 Å². The summed E-state index contributed by atoms with van der Waals surface area (Å²) in [4.78, 5) is 11.6. The van der Waals surface area contributed by atoms with Gasteiger partial charge in [-0.3, -0.25) is 4.79 Å². The van der Waals surface area contributed by atoms with Gasteiger partial charge in [0.05, 0.1) is 11.4 Å². The molecule has 1 amide bonds. The molecular formula is C16H18F3N3O2. The van der Waals surface area contributed by atoms with E-state index in [2.05, 4.69) is 15.2 Å². The van der Waals surface area contributed by atoms with Crippen LogP contribution in [0, 0.1) is 13.8 Å². The third kappa shape index (κ3) is 4.82. The number of halogens is 3. The zero-order valence-electron chi connectivity index (χ0n) is 13.4. The molecule has 0 aliphatic carbocycles. The lowest BCUT2D eigenvalue weighted by molar-refractivity contribution is -0.175. The maximum absolute atomic E-state index is 12.0. The first-order valence-electron chi connectivity index (χ1n) is 7.29. The average Bonchev–Trinajstić information content (AvgIpc) is 2.79. The van der Waals surface area contributed by atoms with Crippen molar-refractivity contribution in [1.82, 2.24) is 15.1 Å². The Morgan fingerprint density at radius 1 is 1.25 bits per heavy atom. The highest BCUT2D eigenvalue weighted by molar-refractivity contribution is 5.77. The first-order valence-corrected chi connectivity index (χ1v) is 7.29. The van der Waals surface area contributed by atoms with Crippen LogP contribution in [-0.4, -0.2) is 35.1 Å². The molecule has 2 aromatic rings. The van der Waals surface area contributed by atoms with Gasteiger partial charge in [0, 0.05) is 17.8 Å². The Morgan fingerprint density at radius 2 is 1.92 bits per heavy atom. The van der Waals surface area contributed by atoms with Gasteiger partial charge in [-0.15, -0.1) is 0 Å². The molecule has 5 nitrogen and oxygen atoms in total. The number of nitrogens with zero attached hydrogens (tertiary/aromatic N) is 2. The molecule has 0 aliphatic heterocycles. The third-order valence-electron chi connectivity index (χ3n) is 3.40. The Bertz CT molecular complexity index is 697. The summed E-state index contributed by atoms with van der Waals surface area (Å²) in [5.74, 6) is -0.606. The third-order valence-corrected chi connectivity index (χ3v) is 3.40. The molecule has 0 saturated heterocycles. The van der Waals surface area contributed by atoms with Gasteiger partial charge in [-0.1, -0.05) is 18.2 Å². The lowest BCUT2D eigenvalue weighted by atomic mass is 10.2. The number of benzene rings is 1. The maximum atomic E-state index is 12.0. The van der Waals surface area contributed by atoms with Crippen molar-refractivity contribution < 1.29 is 22.7 Å². The van der Waals surface area contributed by atoms with E-state index in [1.165, 1.54) is 0 Å². The van der Waals surface area contributed by atoms with Gasteiger partial charge in [0.2, 0.25) is 5.91 Å². The SMILES string of the molecule is Cc1nn(-c2ccccc2)c(C)c1CNC(=O)COCC(F)(F)F. The Hall–Kier alpha value is -2.35. The van der Waals surface area contributed by atoms with Crippen LogP contribution in [0.2, 0.25) is 0 Å². The predicted molar refractivity (Wildman–Crippen MR) is 81.8 cm³/mol. The van der Waals surface area contributed by atoms with E-state index in [9.17, 15) is 18.0 Å². The fourth-order valence-corrected chi connectivity index (χ4v) is 2.25. The topological polar surface area (TPSA) is 56.2 Å². The molecule has 1 heterocycles. The molecule has 8 heteroatoms. The molecule has 1 aromatic carbocycles. The number of aryl methyl sites for hydroxylation is 1. The number of amides is 1. The molecule has 24 heavy (non-hydrogen) atoms. The van der Waals surface area contributed by atoms with Gasteiger partial charge in [-0.25, -0.2) is 4.68 Å². The molecule has 0 aliphatic rings. The minimum atomic E-state index is -4.44. The number of hydrogen-bond acceptors (Lipinski definition) is 3. The molecule has 0 bridgehead atoms. The van der Waals surface area contributed by atoms with Crippen molar-refractivity contribution in [2.75, 3.05) is 13.2 Å². The lowest BCUT2D eigenvalue weighted by Gasteiger charge is -2.09. The number of ether oxygens (including phenoxy) is 1. The highest BCUT2D eigenvalue weighted by atomic mass is 19.4. The van der Waals surface area contributed by atoms with Crippen molar-refractivity contribution in [3.05, 3.63) is 47.3 Å². The monoisotopic (exact) mass is 341 g/mol. The minimum absolute atomic E-state index is 0.179. The van der Waals surface area contributed by atoms with Gasteiger partial charge < -0.3 is 10.1 Å². The summed E-state index contributed by atoms with van der Waals surface area (Å²) in [5, 5.41) is 6.99. The van der Waals surface area contributed by atoms with Crippen LogP contribution in [0.1, 0.15) is 17.0 Å². The lowest BCUT2D eigenvalue weighted by Crippen LogP contribution is -2.29. The number of rotatable bonds is 6. The fourth-order valence-electron chi connectivity index (χ4n) is 2.25. The van der Waals surface area contributed by atoms with Gasteiger partial charge >= 0.3 is 6.18 Å². The van der Waals surface area contributed by atoms with Crippen molar-refractivity contribution in [2.45, 2.75) is 26.6 Å². The van der Waals surface area contributed by atoms with Gasteiger partial charge in [-0.2, -0.15) is 18.3 Å². The van der Waals surface area contributed by atoms with Crippen LogP contribution in [-0.2, 0) is 16.1 Å². The highest BCUT2D eigenvalue weighted by Gasteiger charge is 2.27. The number of para-hydroxylation sites is 1. The van der Waals surface area contributed by atoms with Crippen LogP contribution in [0.3, 0.4) is 0 Å². The zero-order chi connectivity index (χ0) is 17.7. The standard InChI is InChI=1S/C16H18F3N3O2/c1-11-14(8-20-15(23)9-24-10-16(17,18)19)12(2)22(21-11)13-6-4-3-5-7-13/h3-7H,8-10H2,1-2H3,(H,20,23). The largest absolute Gasteiger partial charge is 0.411 e. The number of aromatic nitrogens is 2. The Morgan fingerprint density at radius 3 is 2.54 bits per heavy atom. The summed E-state index contributed by atoms with van der Waals surface area (Å²) in [6.07, 6.45) is -4.44. The van der Waals surface area contributed by atoms with Crippen LogP contribution in [0.15, 0.2) is 30.3 Å². The van der Waals surface area contributed by atoms with Crippen LogP contribution in [0.4, 0.5) is 13.2 Å². The minimum Gasteiger partial charge on any atom is -0.362 e. The molecule has 0 saturated carbocycles. The second-order valence-corrected chi connectivity index (χ2v) is 5.28. The molecular weight excluding hydrogens is 323 g/mol. The quantitative estimate of drug-likeness (QED) is 0.879. The van der Waals surface area contributed by atoms with Crippen LogP contribution in [0.5, 0.6) is 0 Å². The summed E-state index contributed by atoms with van der Waals surface area (Å²) in [5.41, 5.74) is 3.32. The second-order valence-electron chi connectivity index (χ2n) is 5.28. The summed E-state index contributed by atoms with van der Waals surface area (Å²) in [6, 6.07) is 9.51. The Labute approximate surface area is 137 Å². The first kappa shape index (κ1) is 18.0. The smallest absolute Gasteiger partial charge is 0.362 e. The molecule has 130 valence electrons. The number of carbonyl (C=O) groups excluding carboxylic acids is 1. The first-order chi connectivity index (χ1) is 11.3. The molecule has 1 aromatic heterocycles. The number of alkyl halides is 3. The normalized spacial score (nSPS) is 11.5. The van der Waals surface area contributed by atoms with Crippen molar-refractivity contribution in [3.8, 4) is 5.69 Å². The van der Waals surface area contributed by atoms with Crippen LogP contribution in [0.25, 0.3) is 5.69 Å². The molecule has 0 radical (unpaired) electrons. The highest BCUT2D eigenvalue weighted by Crippen LogP contribution is 2.17. The van der Waals surface area contributed by atoms with Gasteiger partial charge in [0.1, 0.15) is 13.2 Å². The fraction of sp³-hybridized carbons (Fsp3) is 0.375. The number of carbonyl (C=O) groups is 1. The van der Waals surface area contributed by atoms with E-state index in [-0.39, 0.29) is 6.54 Å². The van der Waals surface area contributed by atoms with Gasteiger partial charge in [0.25, 0.3) is 0 Å². The summed E-state index contributed by atoms with van der Waals surface area (Å²) >= 11 is 0. The van der Waals surface area contributed by atoms with Crippen LogP contribution < -0.4 is 5.32 Å². The van der Waals surface area contributed by atoms with Crippen molar-refractivity contribution in [1.29, 1.82) is 0 Å². The maximum Gasteiger partial charge on any atom is 0.411 e. The zero-order valence-corrected chi connectivity index (χ0v) is 13.4. The van der Waals surface area contributed by atoms with Crippen molar-refractivity contribution in [2.24, 2.45) is 0 Å². The van der Waals surface area contributed by atoms with E-state index in [1.54, 1.807) is 4.68 Å².